The number of pyridine rings is 1. The molecular formula is C20H27Cl2N3O2. The normalized spacial score (nSPS) is 16.4. The van der Waals surface area contributed by atoms with Gasteiger partial charge in [0.05, 0.1) is 12.1 Å². The molecule has 1 saturated heterocycles. The fourth-order valence-corrected chi connectivity index (χ4v) is 3.18. The summed E-state index contributed by atoms with van der Waals surface area (Å²) in [5, 5.41) is 3.04. The van der Waals surface area contributed by atoms with Crippen LogP contribution >= 0.6 is 24.8 Å². The molecule has 0 saturated carbocycles. The first-order chi connectivity index (χ1) is 12.1. The third kappa shape index (κ3) is 6.18. The van der Waals surface area contributed by atoms with E-state index >= 15 is 0 Å². The lowest BCUT2D eigenvalue weighted by Crippen LogP contribution is -2.47. The van der Waals surface area contributed by atoms with Crippen LogP contribution < -0.4 is 11.1 Å². The minimum absolute atomic E-state index is 0. The largest absolute Gasteiger partial charge is 0.381 e. The van der Waals surface area contributed by atoms with E-state index in [1.807, 2.05) is 49.5 Å². The molecular weight excluding hydrogens is 385 g/mol. The molecule has 1 aliphatic heterocycles. The summed E-state index contributed by atoms with van der Waals surface area (Å²) in [7, 11) is 0. The van der Waals surface area contributed by atoms with Gasteiger partial charge in [0.1, 0.15) is 0 Å². The number of halogens is 2. The van der Waals surface area contributed by atoms with Crippen LogP contribution in [0.5, 0.6) is 0 Å². The zero-order chi connectivity index (χ0) is 17.6. The summed E-state index contributed by atoms with van der Waals surface area (Å²) >= 11 is 0. The predicted molar refractivity (Wildman–Crippen MR) is 112 cm³/mol. The number of rotatable bonds is 5. The van der Waals surface area contributed by atoms with Crippen LogP contribution in [-0.4, -0.2) is 30.1 Å². The molecule has 1 aliphatic rings. The Morgan fingerprint density at radius 1 is 1.15 bits per heavy atom. The molecule has 0 spiro atoms. The maximum Gasteiger partial charge on any atom is 0.237 e. The molecule has 0 bridgehead atoms. The number of ether oxygens (including phenoxy) is 1. The molecule has 0 aliphatic carbocycles. The number of hydrogen-bond donors (Lipinski definition) is 2. The molecule has 7 heteroatoms. The minimum atomic E-state index is -0.471. The Balaban J connectivity index is 0.00000182. The summed E-state index contributed by atoms with van der Waals surface area (Å²) < 4.78 is 5.34. The number of hydrogen-bond acceptors (Lipinski definition) is 4. The Bertz CT molecular complexity index is 692. The van der Waals surface area contributed by atoms with E-state index in [1.54, 1.807) is 6.20 Å². The van der Waals surface area contributed by atoms with Crippen molar-refractivity contribution < 1.29 is 9.53 Å². The van der Waals surface area contributed by atoms with Gasteiger partial charge < -0.3 is 15.8 Å². The second-order valence-electron chi connectivity index (χ2n) is 6.57. The first-order valence-corrected chi connectivity index (χ1v) is 8.79. The van der Waals surface area contributed by atoms with Gasteiger partial charge >= 0.3 is 0 Å². The summed E-state index contributed by atoms with van der Waals surface area (Å²) in [6.45, 7) is 3.36. The highest BCUT2D eigenvalue weighted by Gasteiger charge is 2.27. The van der Waals surface area contributed by atoms with Crippen LogP contribution in [-0.2, 0) is 9.53 Å². The molecule has 2 heterocycles. The number of amides is 1. The van der Waals surface area contributed by atoms with E-state index in [0.717, 1.165) is 29.5 Å². The zero-order valence-electron chi connectivity index (χ0n) is 15.3. The number of nitrogens with one attached hydrogen (secondary N) is 1. The Morgan fingerprint density at radius 2 is 1.81 bits per heavy atom. The van der Waals surface area contributed by atoms with Gasteiger partial charge in [0, 0.05) is 25.6 Å². The van der Waals surface area contributed by atoms with Gasteiger partial charge in [0.25, 0.3) is 0 Å². The lowest BCUT2D eigenvalue weighted by molar-refractivity contribution is -0.125. The zero-order valence-corrected chi connectivity index (χ0v) is 17.0. The van der Waals surface area contributed by atoms with Gasteiger partial charge in [-0.3, -0.25) is 9.78 Å². The molecule has 1 aromatic heterocycles. The number of aromatic nitrogens is 1. The monoisotopic (exact) mass is 411 g/mol. The van der Waals surface area contributed by atoms with Crippen LogP contribution in [0, 0.1) is 5.92 Å². The maximum atomic E-state index is 12.4. The minimum Gasteiger partial charge on any atom is -0.381 e. The van der Waals surface area contributed by atoms with Crippen LogP contribution in [0.3, 0.4) is 0 Å². The SMILES string of the molecule is CC(NC(=O)C(N)C1CCOCC1)c1ccc(-c2cccnc2)cc1.Cl.Cl. The molecule has 1 aromatic carbocycles. The van der Waals surface area contributed by atoms with Crippen molar-refractivity contribution in [3.63, 3.8) is 0 Å². The van der Waals surface area contributed by atoms with Crippen molar-refractivity contribution in [1.29, 1.82) is 0 Å². The van der Waals surface area contributed by atoms with Gasteiger partial charge in [-0.1, -0.05) is 30.3 Å². The topological polar surface area (TPSA) is 77.2 Å². The van der Waals surface area contributed by atoms with E-state index in [1.165, 1.54) is 0 Å². The van der Waals surface area contributed by atoms with Gasteiger partial charge in [0.2, 0.25) is 5.91 Å². The molecule has 2 unspecified atom stereocenters. The summed E-state index contributed by atoms with van der Waals surface area (Å²) in [5.41, 5.74) is 9.38. The van der Waals surface area contributed by atoms with Crippen LogP contribution in [0.25, 0.3) is 11.1 Å². The average molecular weight is 412 g/mol. The molecule has 3 N–H and O–H groups in total. The van der Waals surface area contributed by atoms with Gasteiger partial charge in [-0.2, -0.15) is 0 Å². The lowest BCUT2D eigenvalue weighted by atomic mass is 9.91. The fourth-order valence-electron chi connectivity index (χ4n) is 3.18. The molecule has 1 fully saturated rings. The number of benzene rings is 1. The summed E-state index contributed by atoms with van der Waals surface area (Å²) in [6.07, 6.45) is 5.30. The van der Waals surface area contributed by atoms with Crippen LogP contribution in [0.1, 0.15) is 31.4 Å². The third-order valence-corrected chi connectivity index (χ3v) is 4.84. The fraction of sp³-hybridized carbons (Fsp3) is 0.400. The van der Waals surface area contributed by atoms with Gasteiger partial charge in [-0.15, -0.1) is 24.8 Å². The Labute approximate surface area is 172 Å². The van der Waals surface area contributed by atoms with Gasteiger partial charge in [0.15, 0.2) is 0 Å². The van der Waals surface area contributed by atoms with Gasteiger partial charge in [-0.05, 0) is 48.4 Å². The highest BCUT2D eigenvalue weighted by atomic mass is 35.5. The molecule has 148 valence electrons. The summed E-state index contributed by atoms with van der Waals surface area (Å²) in [5.74, 6) is 0.115. The van der Waals surface area contributed by atoms with Crippen molar-refractivity contribution >= 4 is 30.7 Å². The van der Waals surface area contributed by atoms with E-state index in [4.69, 9.17) is 10.5 Å². The van der Waals surface area contributed by atoms with Crippen molar-refractivity contribution in [1.82, 2.24) is 10.3 Å². The van der Waals surface area contributed by atoms with Crippen LogP contribution in [0.2, 0.25) is 0 Å². The van der Waals surface area contributed by atoms with Gasteiger partial charge in [-0.25, -0.2) is 0 Å². The second-order valence-corrected chi connectivity index (χ2v) is 6.57. The summed E-state index contributed by atoms with van der Waals surface area (Å²) in [4.78, 5) is 16.6. The molecule has 27 heavy (non-hydrogen) atoms. The van der Waals surface area contributed by atoms with Crippen molar-refractivity contribution in [2.75, 3.05) is 13.2 Å². The lowest BCUT2D eigenvalue weighted by Gasteiger charge is -2.28. The Kier molecular flexibility index (Phi) is 9.74. The Hall–Kier alpha value is -1.66. The molecule has 0 radical (unpaired) electrons. The number of carbonyl (C=O) groups excluding carboxylic acids is 1. The highest BCUT2D eigenvalue weighted by molar-refractivity contribution is 5.85. The number of nitrogens with two attached hydrogens (primary N) is 1. The number of nitrogens with zero attached hydrogens (tertiary/aromatic N) is 1. The van der Waals surface area contributed by atoms with E-state index < -0.39 is 6.04 Å². The predicted octanol–water partition coefficient (Wildman–Crippen LogP) is 3.52. The van der Waals surface area contributed by atoms with E-state index in [-0.39, 0.29) is 42.7 Å². The number of carbonyl (C=O) groups is 1. The average Bonchev–Trinajstić information content (AvgIpc) is 2.68. The smallest absolute Gasteiger partial charge is 0.237 e. The van der Waals surface area contributed by atoms with E-state index in [0.29, 0.717) is 13.2 Å². The molecule has 2 atom stereocenters. The maximum absolute atomic E-state index is 12.4. The van der Waals surface area contributed by atoms with Crippen LogP contribution in [0.15, 0.2) is 48.8 Å². The first-order valence-electron chi connectivity index (χ1n) is 8.79. The molecule has 2 aromatic rings. The second kappa shape index (κ2) is 11.2. The molecule has 1 amide bonds. The quantitative estimate of drug-likeness (QED) is 0.788. The van der Waals surface area contributed by atoms with Crippen molar-refractivity contribution in [2.45, 2.75) is 31.8 Å². The standard InChI is InChI=1S/C20H25N3O2.2ClH/c1-14(23-20(24)19(21)17-8-11-25-12-9-17)15-4-6-16(7-5-15)18-3-2-10-22-13-18;;/h2-7,10,13-14,17,19H,8-9,11-12,21H2,1H3,(H,23,24);2*1H. The highest BCUT2D eigenvalue weighted by Crippen LogP contribution is 2.22. The summed E-state index contributed by atoms with van der Waals surface area (Å²) in [6, 6.07) is 11.6. The molecule has 3 rings (SSSR count). The van der Waals surface area contributed by atoms with Crippen LogP contribution in [0.4, 0.5) is 0 Å². The van der Waals surface area contributed by atoms with E-state index in [9.17, 15) is 4.79 Å². The van der Waals surface area contributed by atoms with Crippen molar-refractivity contribution in [3.8, 4) is 11.1 Å². The first kappa shape index (κ1) is 23.4. The third-order valence-electron chi connectivity index (χ3n) is 4.84. The van der Waals surface area contributed by atoms with Crippen molar-refractivity contribution in [2.24, 2.45) is 11.7 Å². The van der Waals surface area contributed by atoms with E-state index in [2.05, 4.69) is 10.3 Å². The molecule has 5 nitrogen and oxygen atoms in total. The van der Waals surface area contributed by atoms with Crippen molar-refractivity contribution in [3.05, 3.63) is 54.4 Å². The Morgan fingerprint density at radius 3 is 2.41 bits per heavy atom.